The second-order valence-corrected chi connectivity index (χ2v) is 11.1. The Bertz CT molecular complexity index is 905. The number of thiazole rings is 1. The van der Waals surface area contributed by atoms with Crippen molar-refractivity contribution in [2.24, 2.45) is 5.92 Å². The lowest BCUT2D eigenvalue weighted by Crippen LogP contribution is -2.42. The molecule has 2 atom stereocenters. The molecule has 0 unspecified atom stereocenters. The quantitative estimate of drug-likeness (QED) is 0.838. The van der Waals surface area contributed by atoms with Crippen molar-refractivity contribution in [2.45, 2.75) is 49.3 Å². The highest BCUT2D eigenvalue weighted by molar-refractivity contribution is 7.91. The van der Waals surface area contributed by atoms with E-state index in [4.69, 9.17) is 0 Å². The van der Waals surface area contributed by atoms with Crippen LogP contribution in [0.3, 0.4) is 0 Å². The Morgan fingerprint density at radius 1 is 1.38 bits per heavy atom. The molecular formula is C17H21N3O3S3. The summed E-state index contributed by atoms with van der Waals surface area (Å²) in [4.78, 5) is 18.6. The van der Waals surface area contributed by atoms with Gasteiger partial charge in [0.2, 0.25) is 5.91 Å². The maximum atomic E-state index is 12.8. The van der Waals surface area contributed by atoms with Crippen molar-refractivity contribution in [1.29, 1.82) is 0 Å². The van der Waals surface area contributed by atoms with Gasteiger partial charge in [-0.25, -0.2) is 13.4 Å². The molecule has 2 aromatic heterocycles. The van der Waals surface area contributed by atoms with Crippen LogP contribution in [0.4, 0.5) is 5.13 Å². The van der Waals surface area contributed by atoms with Gasteiger partial charge in [-0.3, -0.25) is 4.79 Å². The first-order valence-electron chi connectivity index (χ1n) is 8.80. The predicted molar refractivity (Wildman–Crippen MR) is 103 cm³/mol. The number of amides is 1. The fourth-order valence-electron chi connectivity index (χ4n) is 3.60. The number of nitrogens with zero attached hydrogens (tertiary/aromatic N) is 2. The maximum absolute atomic E-state index is 12.8. The molecule has 0 aromatic carbocycles. The predicted octanol–water partition coefficient (Wildman–Crippen LogP) is 3.12. The lowest BCUT2D eigenvalue weighted by molar-refractivity contribution is -0.119. The van der Waals surface area contributed by atoms with Gasteiger partial charge in [0.1, 0.15) is 10.3 Å². The topological polar surface area (TPSA) is 79.4 Å². The van der Waals surface area contributed by atoms with E-state index in [1.807, 2.05) is 0 Å². The number of anilines is 1. The molecule has 0 spiro atoms. The van der Waals surface area contributed by atoms with Crippen LogP contribution in [0.25, 0.3) is 0 Å². The molecule has 1 N–H and O–H groups in total. The van der Waals surface area contributed by atoms with Gasteiger partial charge in [0, 0.05) is 11.4 Å². The van der Waals surface area contributed by atoms with Gasteiger partial charge in [0.05, 0.1) is 5.69 Å². The summed E-state index contributed by atoms with van der Waals surface area (Å²) in [6.07, 6.45) is 4.31. The Balaban J connectivity index is 1.51. The number of thiophene rings is 1. The molecular weight excluding hydrogens is 390 g/mol. The number of carbonyl (C=O) groups is 1. The summed E-state index contributed by atoms with van der Waals surface area (Å²) in [5.41, 5.74) is 1.08. The van der Waals surface area contributed by atoms with Crippen LogP contribution in [0.2, 0.25) is 0 Å². The van der Waals surface area contributed by atoms with Crippen LogP contribution in [0.1, 0.15) is 36.8 Å². The highest BCUT2D eigenvalue weighted by Crippen LogP contribution is 2.33. The summed E-state index contributed by atoms with van der Waals surface area (Å²) >= 11 is 2.70. The molecule has 4 rings (SSSR count). The first kappa shape index (κ1) is 18.1. The number of rotatable bonds is 4. The number of sulfonamides is 1. The number of carbonyl (C=O) groups excluding carboxylic acids is 1. The summed E-state index contributed by atoms with van der Waals surface area (Å²) in [6.45, 7) is 2.61. The minimum atomic E-state index is -3.62. The number of fused-ring (bicyclic) bond motifs is 1. The van der Waals surface area contributed by atoms with Gasteiger partial charge in [-0.2, -0.15) is 4.31 Å². The number of hydrogen-bond donors (Lipinski definition) is 1. The Labute approximate surface area is 161 Å². The van der Waals surface area contributed by atoms with E-state index >= 15 is 0 Å². The molecule has 0 radical (unpaired) electrons. The van der Waals surface area contributed by atoms with Gasteiger partial charge >= 0.3 is 0 Å². The Hall–Kier alpha value is -1.29. The average Bonchev–Trinajstić information content (AvgIpc) is 3.34. The van der Waals surface area contributed by atoms with E-state index in [-0.39, 0.29) is 10.1 Å². The Morgan fingerprint density at radius 3 is 3.00 bits per heavy atom. The number of nitrogens with one attached hydrogen (secondary N) is 1. The molecule has 9 heteroatoms. The Morgan fingerprint density at radius 2 is 2.23 bits per heavy atom. The van der Waals surface area contributed by atoms with E-state index in [9.17, 15) is 13.2 Å². The lowest BCUT2D eigenvalue weighted by Gasteiger charge is -2.22. The molecule has 1 saturated heterocycles. The molecule has 2 aromatic rings. The number of aryl methyl sites for hydroxylation is 1. The van der Waals surface area contributed by atoms with Gasteiger partial charge in [-0.1, -0.05) is 13.0 Å². The zero-order valence-corrected chi connectivity index (χ0v) is 16.9. The summed E-state index contributed by atoms with van der Waals surface area (Å²) in [7, 11) is -3.62. The second-order valence-electron chi connectivity index (χ2n) is 6.93. The van der Waals surface area contributed by atoms with Crippen LogP contribution in [0, 0.1) is 5.92 Å². The van der Waals surface area contributed by atoms with Crippen LogP contribution in [-0.4, -0.2) is 36.2 Å². The third kappa shape index (κ3) is 3.33. The zero-order chi connectivity index (χ0) is 18.3. The van der Waals surface area contributed by atoms with Crippen LogP contribution in [0.5, 0.6) is 0 Å². The largest absolute Gasteiger partial charge is 0.301 e. The number of aromatic nitrogens is 1. The van der Waals surface area contributed by atoms with Crippen molar-refractivity contribution in [1.82, 2.24) is 9.29 Å². The standard InChI is InChI=1S/C17H21N3O3S3/c1-11-6-7-12-14(10-11)25-17(18-12)19-16(21)13-4-2-8-20(13)26(22,23)15-5-3-9-24-15/h3,5,9,11,13H,2,4,6-8,10H2,1H3,(H,18,19,21)/t11-,13+/m0/s1. The smallest absolute Gasteiger partial charge is 0.253 e. The van der Waals surface area contributed by atoms with E-state index < -0.39 is 16.1 Å². The molecule has 2 aliphatic rings. The van der Waals surface area contributed by atoms with Gasteiger partial charge in [0.25, 0.3) is 10.0 Å². The van der Waals surface area contributed by atoms with E-state index in [2.05, 4.69) is 17.2 Å². The highest BCUT2D eigenvalue weighted by atomic mass is 32.2. The van der Waals surface area contributed by atoms with E-state index in [0.717, 1.165) is 25.0 Å². The molecule has 6 nitrogen and oxygen atoms in total. The van der Waals surface area contributed by atoms with Crippen molar-refractivity contribution in [3.8, 4) is 0 Å². The first-order chi connectivity index (χ1) is 12.4. The average molecular weight is 412 g/mol. The minimum absolute atomic E-state index is 0.276. The third-order valence-corrected chi connectivity index (χ3v) is 9.30. The van der Waals surface area contributed by atoms with Gasteiger partial charge in [-0.05, 0) is 49.5 Å². The molecule has 1 aliphatic heterocycles. The van der Waals surface area contributed by atoms with E-state index in [0.29, 0.717) is 30.4 Å². The van der Waals surface area contributed by atoms with Crippen molar-refractivity contribution >= 4 is 43.7 Å². The second kappa shape index (κ2) is 7.03. The fourth-order valence-corrected chi connectivity index (χ4v) is 7.55. The number of hydrogen-bond acceptors (Lipinski definition) is 6. The molecule has 1 amide bonds. The summed E-state index contributed by atoms with van der Waals surface area (Å²) in [6, 6.07) is 2.63. The van der Waals surface area contributed by atoms with Gasteiger partial charge in [-0.15, -0.1) is 22.7 Å². The van der Waals surface area contributed by atoms with Gasteiger partial charge < -0.3 is 5.32 Å². The monoisotopic (exact) mass is 411 g/mol. The Kier molecular flexibility index (Phi) is 4.89. The first-order valence-corrected chi connectivity index (χ1v) is 11.9. The maximum Gasteiger partial charge on any atom is 0.253 e. The van der Waals surface area contributed by atoms with Crippen molar-refractivity contribution < 1.29 is 13.2 Å². The van der Waals surface area contributed by atoms with Crippen LogP contribution in [0.15, 0.2) is 21.7 Å². The molecule has 26 heavy (non-hydrogen) atoms. The van der Waals surface area contributed by atoms with Crippen LogP contribution >= 0.6 is 22.7 Å². The van der Waals surface area contributed by atoms with Crippen molar-refractivity contribution in [3.05, 3.63) is 28.1 Å². The fraction of sp³-hybridized carbons (Fsp3) is 0.529. The van der Waals surface area contributed by atoms with Crippen molar-refractivity contribution in [2.75, 3.05) is 11.9 Å². The molecule has 0 saturated carbocycles. The van der Waals surface area contributed by atoms with Gasteiger partial charge in [0.15, 0.2) is 5.13 Å². The minimum Gasteiger partial charge on any atom is -0.301 e. The molecule has 140 valence electrons. The molecule has 1 aliphatic carbocycles. The molecule has 3 heterocycles. The van der Waals surface area contributed by atoms with Crippen molar-refractivity contribution in [3.63, 3.8) is 0 Å². The third-order valence-electron chi connectivity index (χ3n) is 4.98. The van der Waals surface area contributed by atoms with E-state index in [1.54, 1.807) is 17.5 Å². The zero-order valence-electron chi connectivity index (χ0n) is 14.5. The normalized spacial score (nSPS) is 23.7. The SMILES string of the molecule is C[C@H]1CCc2nc(NC(=O)[C@H]3CCCN3S(=O)(=O)c3cccs3)sc2C1. The molecule has 1 fully saturated rings. The summed E-state index contributed by atoms with van der Waals surface area (Å²) in [5.74, 6) is 0.370. The summed E-state index contributed by atoms with van der Waals surface area (Å²) in [5, 5.41) is 5.20. The van der Waals surface area contributed by atoms with Crippen LogP contribution in [-0.2, 0) is 27.7 Å². The lowest BCUT2D eigenvalue weighted by atomic mass is 9.93. The van der Waals surface area contributed by atoms with Crippen LogP contribution < -0.4 is 5.32 Å². The van der Waals surface area contributed by atoms with E-state index in [1.165, 1.54) is 31.9 Å². The highest BCUT2D eigenvalue weighted by Gasteiger charge is 2.40. The molecule has 0 bridgehead atoms. The summed E-state index contributed by atoms with van der Waals surface area (Å²) < 4.78 is 27.2.